The SMILES string of the molecule is Cn1ccnc1CNCCc1ccc2c(c1)CCO2. The summed E-state index contributed by atoms with van der Waals surface area (Å²) >= 11 is 0. The minimum absolute atomic E-state index is 0.817. The number of aryl methyl sites for hydroxylation is 1. The maximum absolute atomic E-state index is 5.51. The van der Waals surface area contributed by atoms with Crippen molar-refractivity contribution in [2.24, 2.45) is 7.05 Å². The van der Waals surface area contributed by atoms with Gasteiger partial charge in [-0.3, -0.25) is 0 Å². The number of benzene rings is 1. The highest BCUT2D eigenvalue weighted by Crippen LogP contribution is 2.25. The first-order valence-corrected chi connectivity index (χ1v) is 6.74. The quantitative estimate of drug-likeness (QED) is 0.828. The molecule has 0 saturated heterocycles. The molecule has 100 valence electrons. The summed E-state index contributed by atoms with van der Waals surface area (Å²) in [6.45, 7) is 2.61. The van der Waals surface area contributed by atoms with Gasteiger partial charge >= 0.3 is 0 Å². The number of rotatable bonds is 5. The van der Waals surface area contributed by atoms with Crippen LogP contribution in [0, 0.1) is 0 Å². The summed E-state index contributed by atoms with van der Waals surface area (Å²) in [5.74, 6) is 2.13. The number of hydrogen-bond acceptors (Lipinski definition) is 3. The Morgan fingerprint density at radius 1 is 1.42 bits per heavy atom. The molecule has 0 bridgehead atoms. The monoisotopic (exact) mass is 257 g/mol. The second-order valence-corrected chi connectivity index (χ2v) is 4.92. The van der Waals surface area contributed by atoms with Gasteiger partial charge in [0.1, 0.15) is 11.6 Å². The van der Waals surface area contributed by atoms with Crippen molar-refractivity contribution in [3.8, 4) is 5.75 Å². The Morgan fingerprint density at radius 2 is 2.37 bits per heavy atom. The van der Waals surface area contributed by atoms with E-state index in [1.807, 2.05) is 24.0 Å². The molecule has 3 rings (SSSR count). The van der Waals surface area contributed by atoms with Gasteiger partial charge in [0.25, 0.3) is 0 Å². The van der Waals surface area contributed by atoms with E-state index >= 15 is 0 Å². The van der Waals surface area contributed by atoms with Crippen LogP contribution in [0.15, 0.2) is 30.6 Å². The van der Waals surface area contributed by atoms with Crippen molar-refractivity contribution in [2.45, 2.75) is 19.4 Å². The molecule has 1 aromatic carbocycles. The highest BCUT2D eigenvalue weighted by atomic mass is 16.5. The molecule has 2 aromatic rings. The second-order valence-electron chi connectivity index (χ2n) is 4.92. The predicted molar refractivity (Wildman–Crippen MR) is 74.3 cm³/mol. The zero-order valence-corrected chi connectivity index (χ0v) is 11.2. The van der Waals surface area contributed by atoms with Gasteiger partial charge in [0.15, 0.2) is 0 Å². The summed E-state index contributed by atoms with van der Waals surface area (Å²) in [6.07, 6.45) is 5.89. The molecule has 0 amide bonds. The van der Waals surface area contributed by atoms with Gasteiger partial charge in [0, 0.05) is 25.9 Å². The van der Waals surface area contributed by atoms with Crippen LogP contribution in [0.25, 0.3) is 0 Å². The Bertz CT molecular complexity index is 562. The highest BCUT2D eigenvalue weighted by Gasteiger charge is 2.11. The van der Waals surface area contributed by atoms with Crippen LogP contribution < -0.4 is 10.1 Å². The normalized spacial score (nSPS) is 13.3. The Labute approximate surface area is 113 Å². The van der Waals surface area contributed by atoms with Crippen LogP contribution in [0.2, 0.25) is 0 Å². The molecule has 1 aromatic heterocycles. The van der Waals surface area contributed by atoms with Crippen molar-refractivity contribution in [3.05, 3.63) is 47.5 Å². The van der Waals surface area contributed by atoms with E-state index < -0.39 is 0 Å². The molecule has 0 spiro atoms. The van der Waals surface area contributed by atoms with Crippen molar-refractivity contribution in [1.82, 2.24) is 14.9 Å². The Morgan fingerprint density at radius 3 is 3.21 bits per heavy atom. The lowest BCUT2D eigenvalue weighted by Crippen LogP contribution is -2.19. The first-order valence-electron chi connectivity index (χ1n) is 6.74. The molecule has 0 fully saturated rings. The van der Waals surface area contributed by atoms with E-state index in [1.165, 1.54) is 11.1 Å². The van der Waals surface area contributed by atoms with Gasteiger partial charge in [-0.05, 0) is 30.2 Å². The lowest BCUT2D eigenvalue weighted by atomic mass is 10.1. The number of nitrogens with zero attached hydrogens (tertiary/aromatic N) is 2. The topological polar surface area (TPSA) is 39.1 Å². The number of aromatic nitrogens is 2. The van der Waals surface area contributed by atoms with E-state index in [9.17, 15) is 0 Å². The van der Waals surface area contributed by atoms with Crippen molar-refractivity contribution in [3.63, 3.8) is 0 Å². The van der Waals surface area contributed by atoms with Crippen LogP contribution >= 0.6 is 0 Å². The molecule has 2 heterocycles. The predicted octanol–water partition coefficient (Wildman–Crippen LogP) is 1.69. The van der Waals surface area contributed by atoms with Gasteiger partial charge in [-0.2, -0.15) is 0 Å². The minimum Gasteiger partial charge on any atom is -0.493 e. The fourth-order valence-electron chi connectivity index (χ4n) is 2.40. The lowest BCUT2D eigenvalue weighted by Gasteiger charge is -2.06. The second kappa shape index (κ2) is 5.45. The molecule has 4 heteroatoms. The van der Waals surface area contributed by atoms with Crippen LogP contribution in [0.3, 0.4) is 0 Å². The third kappa shape index (κ3) is 2.79. The van der Waals surface area contributed by atoms with Crippen molar-refractivity contribution < 1.29 is 4.74 Å². The fourth-order valence-corrected chi connectivity index (χ4v) is 2.40. The van der Waals surface area contributed by atoms with E-state index in [2.05, 4.69) is 28.5 Å². The molecule has 1 aliphatic heterocycles. The Kier molecular flexibility index (Phi) is 3.51. The van der Waals surface area contributed by atoms with E-state index in [0.717, 1.165) is 44.1 Å². The summed E-state index contributed by atoms with van der Waals surface area (Å²) in [4.78, 5) is 4.29. The number of nitrogens with one attached hydrogen (secondary N) is 1. The maximum atomic E-state index is 5.51. The summed E-state index contributed by atoms with van der Waals surface area (Å²) in [7, 11) is 2.02. The maximum Gasteiger partial charge on any atom is 0.122 e. The number of hydrogen-bond donors (Lipinski definition) is 1. The van der Waals surface area contributed by atoms with Gasteiger partial charge in [-0.15, -0.1) is 0 Å². The summed E-state index contributed by atoms with van der Waals surface area (Å²) < 4.78 is 7.56. The van der Waals surface area contributed by atoms with E-state index in [4.69, 9.17) is 4.74 Å². The molecule has 4 nitrogen and oxygen atoms in total. The minimum atomic E-state index is 0.817. The Hall–Kier alpha value is -1.81. The van der Waals surface area contributed by atoms with E-state index in [-0.39, 0.29) is 0 Å². The zero-order valence-electron chi connectivity index (χ0n) is 11.2. The van der Waals surface area contributed by atoms with Crippen molar-refractivity contribution in [2.75, 3.05) is 13.2 Å². The van der Waals surface area contributed by atoms with Crippen LogP contribution in [-0.4, -0.2) is 22.7 Å². The third-order valence-electron chi connectivity index (χ3n) is 3.55. The summed E-state index contributed by atoms with van der Waals surface area (Å²) in [6, 6.07) is 6.52. The van der Waals surface area contributed by atoms with E-state index in [1.54, 1.807) is 0 Å². The van der Waals surface area contributed by atoms with Gasteiger partial charge in [-0.1, -0.05) is 12.1 Å². The molecule has 1 aliphatic rings. The van der Waals surface area contributed by atoms with Gasteiger partial charge in [0.05, 0.1) is 13.2 Å². The van der Waals surface area contributed by atoms with E-state index in [0.29, 0.717) is 0 Å². The van der Waals surface area contributed by atoms with Gasteiger partial charge in [0.2, 0.25) is 0 Å². The largest absolute Gasteiger partial charge is 0.493 e. The van der Waals surface area contributed by atoms with Crippen LogP contribution in [0.1, 0.15) is 17.0 Å². The Balaban J connectivity index is 1.49. The van der Waals surface area contributed by atoms with Crippen molar-refractivity contribution >= 4 is 0 Å². The molecule has 0 aliphatic carbocycles. The van der Waals surface area contributed by atoms with Gasteiger partial charge < -0.3 is 14.6 Å². The molecule has 0 saturated carbocycles. The van der Waals surface area contributed by atoms with Crippen LogP contribution in [-0.2, 0) is 26.4 Å². The molecular formula is C15H19N3O. The van der Waals surface area contributed by atoms with Gasteiger partial charge in [-0.25, -0.2) is 4.98 Å². The number of fused-ring (bicyclic) bond motifs is 1. The average molecular weight is 257 g/mol. The number of ether oxygens (including phenoxy) is 1. The van der Waals surface area contributed by atoms with Crippen molar-refractivity contribution in [1.29, 1.82) is 0 Å². The molecule has 0 unspecified atom stereocenters. The molecular weight excluding hydrogens is 238 g/mol. The first kappa shape index (κ1) is 12.2. The summed E-state index contributed by atoms with van der Waals surface area (Å²) in [5.41, 5.74) is 2.72. The number of imidazole rings is 1. The first-order chi connectivity index (χ1) is 9.33. The van der Waals surface area contributed by atoms with Crippen LogP contribution in [0.5, 0.6) is 5.75 Å². The molecule has 0 atom stereocenters. The average Bonchev–Trinajstić information content (AvgIpc) is 3.03. The zero-order chi connectivity index (χ0) is 13.1. The fraction of sp³-hybridized carbons (Fsp3) is 0.400. The molecule has 1 N–H and O–H groups in total. The van der Waals surface area contributed by atoms with Crippen LogP contribution in [0.4, 0.5) is 0 Å². The third-order valence-corrected chi connectivity index (χ3v) is 3.55. The smallest absolute Gasteiger partial charge is 0.122 e. The summed E-state index contributed by atoms with van der Waals surface area (Å²) in [5, 5.41) is 3.43. The molecule has 19 heavy (non-hydrogen) atoms. The molecule has 0 radical (unpaired) electrons. The standard InChI is InChI=1S/C15H19N3O/c1-18-8-7-17-15(18)11-16-6-4-12-2-3-14-13(10-12)5-9-19-14/h2-3,7-8,10,16H,4-6,9,11H2,1H3. The lowest BCUT2D eigenvalue weighted by molar-refractivity contribution is 0.357. The highest BCUT2D eigenvalue weighted by molar-refractivity contribution is 5.39.